The van der Waals surface area contributed by atoms with Crippen LogP contribution < -0.4 is 5.32 Å². The number of hydrogen-bond acceptors (Lipinski definition) is 2. The van der Waals surface area contributed by atoms with Crippen molar-refractivity contribution in [3.8, 4) is 0 Å². The van der Waals surface area contributed by atoms with Gasteiger partial charge in [0.2, 0.25) is 5.91 Å². The highest BCUT2D eigenvalue weighted by atomic mass is 16.2. The number of rotatable bonds is 3. The summed E-state index contributed by atoms with van der Waals surface area (Å²) < 4.78 is 0. The number of hydrogen-bond donors (Lipinski definition) is 1. The van der Waals surface area contributed by atoms with Crippen LogP contribution in [0.4, 0.5) is 0 Å². The van der Waals surface area contributed by atoms with Gasteiger partial charge in [-0.05, 0) is 47.1 Å². The van der Waals surface area contributed by atoms with E-state index in [2.05, 4.69) is 19.2 Å². The lowest BCUT2D eigenvalue weighted by Crippen LogP contribution is -2.54. The van der Waals surface area contributed by atoms with E-state index in [0.717, 1.165) is 25.9 Å². The first-order chi connectivity index (χ1) is 6.51. The fraction of sp³-hybridized carbons (Fsp3) is 0.909. The average molecular weight is 198 g/mol. The summed E-state index contributed by atoms with van der Waals surface area (Å²) in [5, 5.41) is 3.31. The van der Waals surface area contributed by atoms with Crippen LogP contribution in [0, 0.1) is 0 Å². The zero-order valence-electron chi connectivity index (χ0n) is 9.76. The van der Waals surface area contributed by atoms with Gasteiger partial charge >= 0.3 is 0 Å². The monoisotopic (exact) mass is 198 g/mol. The topological polar surface area (TPSA) is 32.3 Å². The molecule has 0 bridgehead atoms. The lowest BCUT2D eigenvalue weighted by atomic mass is 9.98. The van der Waals surface area contributed by atoms with Gasteiger partial charge in [0.1, 0.15) is 0 Å². The highest BCUT2D eigenvalue weighted by molar-refractivity contribution is 5.86. The van der Waals surface area contributed by atoms with Crippen LogP contribution in [-0.2, 0) is 4.79 Å². The molecule has 0 spiro atoms. The lowest BCUT2D eigenvalue weighted by Gasteiger charge is -2.33. The van der Waals surface area contributed by atoms with Crippen LogP contribution in [0.3, 0.4) is 0 Å². The number of likely N-dealkylation sites (N-methyl/N-ethyl adjacent to an activating group) is 1. The molecule has 1 atom stereocenters. The van der Waals surface area contributed by atoms with Gasteiger partial charge in [-0.25, -0.2) is 0 Å². The fourth-order valence-electron chi connectivity index (χ4n) is 2.14. The maximum Gasteiger partial charge on any atom is 0.242 e. The van der Waals surface area contributed by atoms with Gasteiger partial charge < -0.3 is 10.2 Å². The van der Waals surface area contributed by atoms with Crippen LogP contribution in [0.1, 0.15) is 40.5 Å². The Morgan fingerprint density at radius 1 is 1.57 bits per heavy atom. The molecule has 1 unspecified atom stereocenters. The molecular weight excluding hydrogens is 176 g/mol. The molecule has 3 heteroatoms. The van der Waals surface area contributed by atoms with Gasteiger partial charge in [-0.15, -0.1) is 0 Å². The second-order valence-electron chi connectivity index (χ2n) is 4.55. The van der Waals surface area contributed by atoms with E-state index in [4.69, 9.17) is 0 Å². The van der Waals surface area contributed by atoms with Crippen molar-refractivity contribution in [3.63, 3.8) is 0 Å². The van der Waals surface area contributed by atoms with Crippen molar-refractivity contribution in [2.24, 2.45) is 0 Å². The molecular formula is C11H22N2O. The Morgan fingerprint density at radius 3 is 2.57 bits per heavy atom. The van der Waals surface area contributed by atoms with Gasteiger partial charge in [-0.3, -0.25) is 4.79 Å². The van der Waals surface area contributed by atoms with Crippen LogP contribution in [0.15, 0.2) is 0 Å². The Hall–Kier alpha value is -0.570. The van der Waals surface area contributed by atoms with Crippen LogP contribution in [0.5, 0.6) is 0 Å². The zero-order valence-corrected chi connectivity index (χ0v) is 9.76. The van der Waals surface area contributed by atoms with Gasteiger partial charge in [-0.1, -0.05) is 0 Å². The Kier molecular flexibility index (Phi) is 3.53. The molecule has 1 saturated heterocycles. The molecule has 1 amide bonds. The number of carbonyl (C=O) groups is 1. The molecule has 14 heavy (non-hydrogen) atoms. The molecule has 0 aromatic carbocycles. The van der Waals surface area contributed by atoms with Crippen molar-refractivity contribution < 1.29 is 4.79 Å². The van der Waals surface area contributed by atoms with E-state index < -0.39 is 0 Å². The minimum absolute atomic E-state index is 0.257. The van der Waals surface area contributed by atoms with E-state index in [9.17, 15) is 4.79 Å². The number of amides is 1. The van der Waals surface area contributed by atoms with Crippen molar-refractivity contribution >= 4 is 5.91 Å². The molecule has 1 N–H and O–H groups in total. The molecule has 1 rings (SSSR count). The van der Waals surface area contributed by atoms with E-state index in [0.29, 0.717) is 6.04 Å². The van der Waals surface area contributed by atoms with E-state index >= 15 is 0 Å². The van der Waals surface area contributed by atoms with Crippen LogP contribution in [0.2, 0.25) is 0 Å². The normalized spacial score (nSPS) is 26.9. The third kappa shape index (κ3) is 2.08. The fourth-order valence-corrected chi connectivity index (χ4v) is 2.14. The summed E-state index contributed by atoms with van der Waals surface area (Å²) in [6, 6.07) is 0.298. The molecule has 0 aliphatic carbocycles. The molecule has 82 valence electrons. The second-order valence-corrected chi connectivity index (χ2v) is 4.55. The quantitative estimate of drug-likeness (QED) is 0.743. The van der Waals surface area contributed by atoms with E-state index in [1.165, 1.54) is 0 Å². The highest BCUT2D eigenvalue weighted by Crippen LogP contribution is 2.22. The summed E-state index contributed by atoms with van der Waals surface area (Å²) in [5.41, 5.74) is -0.305. The highest BCUT2D eigenvalue weighted by Gasteiger charge is 2.38. The van der Waals surface area contributed by atoms with Crippen LogP contribution in [-0.4, -0.2) is 35.5 Å². The summed E-state index contributed by atoms with van der Waals surface area (Å²) in [5.74, 6) is 0.257. The molecule has 1 aliphatic rings. The van der Waals surface area contributed by atoms with Crippen molar-refractivity contribution in [2.75, 3.05) is 13.1 Å². The molecule has 1 aliphatic heterocycles. The number of nitrogens with one attached hydrogen (secondary N) is 1. The van der Waals surface area contributed by atoms with Crippen LogP contribution >= 0.6 is 0 Å². The Balaban J connectivity index is 2.71. The number of carbonyl (C=O) groups excluding carboxylic acids is 1. The van der Waals surface area contributed by atoms with E-state index in [-0.39, 0.29) is 11.4 Å². The molecule has 1 heterocycles. The first kappa shape index (κ1) is 11.5. The molecule has 0 aromatic rings. The zero-order chi connectivity index (χ0) is 10.8. The van der Waals surface area contributed by atoms with Crippen LogP contribution in [0.25, 0.3) is 0 Å². The average Bonchev–Trinajstić information content (AvgIpc) is 2.54. The lowest BCUT2D eigenvalue weighted by molar-refractivity contribution is -0.138. The Bertz CT molecular complexity index is 207. The predicted molar refractivity (Wildman–Crippen MR) is 58.2 cm³/mol. The van der Waals surface area contributed by atoms with Gasteiger partial charge in [0.25, 0.3) is 0 Å². The minimum atomic E-state index is -0.305. The predicted octanol–water partition coefficient (Wildman–Crippen LogP) is 1.39. The first-order valence-corrected chi connectivity index (χ1v) is 5.57. The molecule has 1 fully saturated rings. The second kappa shape index (κ2) is 4.30. The molecule has 3 nitrogen and oxygen atoms in total. The molecule has 0 saturated carbocycles. The SMILES string of the molecule is CCN(C(=O)C1(C)CCCN1)C(C)C. The Morgan fingerprint density at radius 2 is 2.21 bits per heavy atom. The van der Waals surface area contributed by atoms with Crippen molar-refractivity contribution in [1.29, 1.82) is 0 Å². The Labute approximate surface area is 86.9 Å². The van der Waals surface area contributed by atoms with Crippen molar-refractivity contribution in [3.05, 3.63) is 0 Å². The summed E-state index contributed by atoms with van der Waals surface area (Å²) in [6.45, 7) is 9.97. The van der Waals surface area contributed by atoms with E-state index in [1.54, 1.807) is 0 Å². The minimum Gasteiger partial charge on any atom is -0.339 e. The maximum absolute atomic E-state index is 12.2. The third-order valence-electron chi connectivity index (χ3n) is 3.07. The van der Waals surface area contributed by atoms with Gasteiger partial charge in [0, 0.05) is 12.6 Å². The molecule has 0 aromatic heterocycles. The van der Waals surface area contributed by atoms with Gasteiger partial charge in [-0.2, -0.15) is 0 Å². The summed E-state index contributed by atoms with van der Waals surface area (Å²) >= 11 is 0. The standard InChI is InChI=1S/C11H22N2O/c1-5-13(9(2)3)10(14)11(4)7-6-8-12-11/h9,12H,5-8H2,1-4H3. The summed E-state index contributed by atoms with van der Waals surface area (Å²) in [4.78, 5) is 14.1. The van der Waals surface area contributed by atoms with Crippen molar-refractivity contribution in [1.82, 2.24) is 10.2 Å². The molecule has 0 radical (unpaired) electrons. The van der Waals surface area contributed by atoms with E-state index in [1.807, 2.05) is 18.7 Å². The largest absolute Gasteiger partial charge is 0.339 e. The van der Waals surface area contributed by atoms with Crippen molar-refractivity contribution in [2.45, 2.75) is 52.1 Å². The van der Waals surface area contributed by atoms with Gasteiger partial charge in [0.15, 0.2) is 0 Å². The number of nitrogens with zero attached hydrogens (tertiary/aromatic N) is 1. The maximum atomic E-state index is 12.2. The van der Waals surface area contributed by atoms with Gasteiger partial charge in [0.05, 0.1) is 5.54 Å². The smallest absolute Gasteiger partial charge is 0.242 e. The third-order valence-corrected chi connectivity index (χ3v) is 3.07. The summed E-state index contributed by atoms with van der Waals surface area (Å²) in [6.07, 6.45) is 2.08. The first-order valence-electron chi connectivity index (χ1n) is 5.57. The summed E-state index contributed by atoms with van der Waals surface area (Å²) in [7, 11) is 0.